The number of aromatic nitrogens is 1. The quantitative estimate of drug-likeness (QED) is 0.657. The average molecular weight is 189 g/mol. The van der Waals surface area contributed by atoms with E-state index in [1.807, 2.05) is 0 Å². The Bertz CT molecular complexity index is 530. The zero-order valence-electron chi connectivity index (χ0n) is 7.21. The van der Waals surface area contributed by atoms with Crippen molar-refractivity contribution in [2.24, 2.45) is 0 Å². The lowest BCUT2D eigenvalue weighted by molar-refractivity contribution is -0.120. The van der Waals surface area contributed by atoms with Gasteiger partial charge in [-0.1, -0.05) is 6.07 Å². The minimum atomic E-state index is -0.154. The second-order valence-electron chi connectivity index (χ2n) is 2.71. The summed E-state index contributed by atoms with van der Waals surface area (Å²) in [5.74, 6) is 0.375. The molecule has 0 aliphatic heterocycles. The number of carbonyl (C=O) groups excluding carboxylic acids is 1. The van der Waals surface area contributed by atoms with Gasteiger partial charge in [-0.05, 0) is 18.2 Å². The van der Waals surface area contributed by atoms with E-state index >= 15 is 0 Å². The van der Waals surface area contributed by atoms with Gasteiger partial charge in [0.25, 0.3) is 12.0 Å². The van der Waals surface area contributed by atoms with E-state index in [0.717, 1.165) is 0 Å². The molecule has 0 aliphatic carbocycles. The van der Waals surface area contributed by atoms with Gasteiger partial charge in [0, 0.05) is 12.3 Å². The van der Waals surface area contributed by atoms with Crippen LogP contribution in [-0.4, -0.2) is 10.9 Å². The predicted octanol–water partition coefficient (Wildman–Crippen LogP) is 0.835. The largest absolute Gasteiger partial charge is 0.427 e. The Kier molecular flexibility index (Phi) is 2.02. The average Bonchev–Trinajstić information content (AvgIpc) is 2.23. The van der Waals surface area contributed by atoms with Gasteiger partial charge in [0.2, 0.25) is 0 Å². The van der Waals surface area contributed by atoms with Crippen LogP contribution < -0.4 is 10.3 Å². The van der Waals surface area contributed by atoms with E-state index in [1.165, 1.54) is 16.5 Å². The van der Waals surface area contributed by atoms with E-state index in [2.05, 4.69) is 0 Å². The summed E-state index contributed by atoms with van der Waals surface area (Å²) in [5, 5.41) is 0. The Hall–Kier alpha value is -2.10. The van der Waals surface area contributed by atoms with E-state index in [9.17, 15) is 9.59 Å². The first-order valence-electron chi connectivity index (χ1n) is 4.03. The number of hydrogen-bond donors (Lipinski definition) is 0. The maximum Gasteiger partial charge on any atom is 0.298 e. The maximum atomic E-state index is 11.4. The maximum absolute atomic E-state index is 11.4. The Labute approximate surface area is 79.4 Å². The number of fused-ring (bicyclic) bond motifs is 1. The highest BCUT2D eigenvalue weighted by Gasteiger charge is 2.01. The molecule has 0 aromatic carbocycles. The van der Waals surface area contributed by atoms with Gasteiger partial charge < -0.3 is 4.74 Å². The molecule has 4 heteroatoms. The van der Waals surface area contributed by atoms with Crippen LogP contribution >= 0.6 is 0 Å². The smallest absolute Gasteiger partial charge is 0.298 e. The molecule has 0 N–H and O–H groups in total. The first-order valence-corrected chi connectivity index (χ1v) is 4.03. The van der Waals surface area contributed by atoms with Crippen molar-refractivity contribution in [2.45, 2.75) is 0 Å². The second-order valence-corrected chi connectivity index (χ2v) is 2.71. The summed E-state index contributed by atoms with van der Waals surface area (Å²) in [4.78, 5) is 21.5. The molecular weight excluding hydrogens is 182 g/mol. The van der Waals surface area contributed by atoms with Crippen molar-refractivity contribution in [1.29, 1.82) is 0 Å². The number of pyridine rings is 2. The summed E-state index contributed by atoms with van der Waals surface area (Å²) in [6.45, 7) is 0.340. The number of rotatable bonds is 2. The van der Waals surface area contributed by atoms with Gasteiger partial charge in [-0.2, -0.15) is 0 Å². The molecule has 0 bridgehead atoms. The topological polar surface area (TPSA) is 47.8 Å². The minimum Gasteiger partial charge on any atom is -0.427 e. The van der Waals surface area contributed by atoms with Crippen molar-refractivity contribution in [3.05, 3.63) is 46.9 Å². The van der Waals surface area contributed by atoms with Gasteiger partial charge in [0.1, 0.15) is 0 Å². The second kappa shape index (κ2) is 3.33. The fourth-order valence-corrected chi connectivity index (χ4v) is 1.30. The van der Waals surface area contributed by atoms with Crippen molar-refractivity contribution < 1.29 is 9.53 Å². The molecule has 4 nitrogen and oxygen atoms in total. The van der Waals surface area contributed by atoms with Crippen molar-refractivity contribution in [3.8, 4) is 5.75 Å². The summed E-state index contributed by atoms with van der Waals surface area (Å²) in [6.07, 6.45) is 1.62. The third-order valence-electron chi connectivity index (χ3n) is 1.90. The Morgan fingerprint density at radius 1 is 1.21 bits per heavy atom. The zero-order valence-corrected chi connectivity index (χ0v) is 7.21. The fourth-order valence-electron chi connectivity index (χ4n) is 1.30. The lowest BCUT2D eigenvalue weighted by atomic mass is 10.3. The highest BCUT2D eigenvalue weighted by Crippen LogP contribution is 2.15. The Morgan fingerprint density at radius 3 is 2.86 bits per heavy atom. The molecule has 2 heterocycles. The van der Waals surface area contributed by atoms with Crippen molar-refractivity contribution >= 4 is 12.0 Å². The van der Waals surface area contributed by atoms with Crippen LogP contribution in [0.25, 0.3) is 5.52 Å². The molecule has 14 heavy (non-hydrogen) atoms. The van der Waals surface area contributed by atoms with E-state index in [-0.39, 0.29) is 5.56 Å². The molecule has 0 saturated heterocycles. The van der Waals surface area contributed by atoms with Crippen LogP contribution in [0.3, 0.4) is 0 Å². The SMILES string of the molecule is O=COc1ccc(=O)n2ccccc12. The molecular formula is C10H7NO3. The summed E-state index contributed by atoms with van der Waals surface area (Å²) >= 11 is 0. The van der Waals surface area contributed by atoms with E-state index < -0.39 is 0 Å². The van der Waals surface area contributed by atoms with Crippen LogP contribution in [0, 0.1) is 0 Å². The first kappa shape index (κ1) is 8.50. The third-order valence-corrected chi connectivity index (χ3v) is 1.90. The summed E-state index contributed by atoms with van der Waals surface area (Å²) in [6, 6.07) is 8.05. The molecule has 0 unspecified atom stereocenters. The standard InChI is InChI=1S/C10H7NO3/c12-7-14-9-4-5-10(13)11-6-2-1-3-8(9)11/h1-7H. The lowest BCUT2D eigenvalue weighted by Gasteiger charge is -2.03. The van der Waals surface area contributed by atoms with Gasteiger partial charge >= 0.3 is 0 Å². The van der Waals surface area contributed by atoms with Gasteiger partial charge in [-0.3, -0.25) is 14.0 Å². The number of nitrogens with zero attached hydrogens (tertiary/aromatic N) is 1. The zero-order chi connectivity index (χ0) is 9.97. The minimum absolute atomic E-state index is 0.154. The summed E-state index contributed by atoms with van der Waals surface area (Å²) in [5.41, 5.74) is 0.422. The van der Waals surface area contributed by atoms with Crippen LogP contribution in [0.4, 0.5) is 0 Å². The van der Waals surface area contributed by atoms with Crippen LogP contribution in [-0.2, 0) is 4.79 Å². The fraction of sp³-hybridized carbons (Fsp3) is 0. The van der Waals surface area contributed by atoms with Gasteiger partial charge in [0.15, 0.2) is 5.75 Å². The van der Waals surface area contributed by atoms with Crippen LogP contribution in [0.1, 0.15) is 0 Å². The third kappa shape index (κ3) is 1.26. The summed E-state index contributed by atoms with van der Waals surface area (Å²) in [7, 11) is 0. The van der Waals surface area contributed by atoms with Crippen molar-refractivity contribution in [1.82, 2.24) is 4.40 Å². The monoisotopic (exact) mass is 189 g/mol. The molecule has 0 atom stereocenters. The van der Waals surface area contributed by atoms with Crippen LogP contribution in [0.2, 0.25) is 0 Å². The molecule has 0 radical (unpaired) electrons. The highest BCUT2D eigenvalue weighted by atomic mass is 16.5. The highest BCUT2D eigenvalue weighted by molar-refractivity contribution is 5.63. The molecule has 0 aliphatic rings. The van der Waals surface area contributed by atoms with Crippen LogP contribution in [0.15, 0.2) is 41.3 Å². The molecule has 0 spiro atoms. The van der Waals surface area contributed by atoms with Gasteiger partial charge in [-0.15, -0.1) is 0 Å². The molecule has 2 aromatic heterocycles. The Balaban J connectivity index is 2.81. The van der Waals surface area contributed by atoms with Gasteiger partial charge in [0.05, 0.1) is 5.52 Å². The normalized spacial score (nSPS) is 10.0. The molecule has 2 aromatic rings. The van der Waals surface area contributed by atoms with E-state index in [1.54, 1.807) is 24.4 Å². The number of hydrogen-bond acceptors (Lipinski definition) is 3. The van der Waals surface area contributed by atoms with Gasteiger partial charge in [-0.25, -0.2) is 0 Å². The van der Waals surface area contributed by atoms with E-state index in [4.69, 9.17) is 4.74 Å². The summed E-state index contributed by atoms with van der Waals surface area (Å²) < 4.78 is 6.15. The van der Waals surface area contributed by atoms with Crippen molar-refractivity contribution in [3.63, 3.8) is 0 Å². The number of ether oxygens (including phenoxy) is 1. The first-order chi connectivity index (χ1) is 6.83. The molecule has 0 fully saturated rings. The molecule has 70 valence electrons. The van der Waals surface area contributed by atoms with Crippen molar-refractivity contribution in [2.75, 3.05) is 0 Å². The molecule has 0 saturated carbocycles. The molecule has 2 rings (SSSR count). The Morgan fingerprint density at radius 2 is 2.07 bits per heavy atom. The lowest BCUT2D eigenvalue weighted by Crippen LogP contribution is -2.11. The predicted molar refractivity (Wildman–Crippen MR) is 50.4 cm³/mol. The molecule has 0 amide bonds. The van der Waals surface area contributed by atoms with E-state index in [0.29, 0.717) is 17.7 Å². The van der Waals surface area contributed by atoms with Crippen LogP contribution in [0.5, 0.6) is 5.75 Å². The number of carbonyl (C=O) groups is 1.